The molecule has 1 fully saturated rings. The van der Waals surface area contributed by atoms with Crippen LogP contribution in [0.15, 0.2) is 29.6 Å². The summed E-state index contributed by atoms with van der Waals surface area (Å²) in [4.78, 5) is 18.7. The number of benzene rings is 1. The quantitative estimate of drug-likeness (QED) is 0.724. The molecular formula is C21H29N3O3S. The third kappa shape index (κ3) is 5.69. The van der Waals surface area contributed by atoms with Crippen LogP contribution in [0, 0.1) is 0 Å². The Balaban J connectivity index is 1.46. The molecule has 0 aliphatic carbocycles. The van der Waals surface area contributed by atoms with Crippen LogP contribution in [0.5, 0.6) is 5.75 Å². The molecular weight excluding hydrogens is 374 g/mol. The van der Waals surface area contributed by atoms with Crippen molar-refractivity contribution >= 4 is 22.5 Å². The van der Waals surface area contributed by atoms with Gasteiger partial charge in [0.1, 0.15) is 11.9 Å². The Kier molecular flexibility index (Phi) is 7.28. The first-order chi connectivity index (χ1) is 13.5. The largest absolute Gasteiger partial charge is 0.490 e. The molecule has 1 aliphatic rings. The lowest BCUT2D eigenvalue weighted by Crippen LogP contribution is -2.43. The molecule has 1 aromatic carbocycles. The van der Waals surface area contributed by atoms with Crippen molar-refractivity contribution in [2.45, 2.75) is 51.6 Å². The van der Waals surface area contributed by atoms with Crippen molar-refractivity contribution in [3.05, 3.63) is 40.9 Å². The number of aryl methyl sites for hydroxylation is 1. The third-order valence-corrected chi connectivity index (χ3v) is 5.72. The fourth-order valence-electron chi connectivity index (χ4n) is 3.23. The molecule has 1 saturated heterocycles. The number of carbonyl (C=O) groups excluding carboxylic acids is 1. The highest BCUT2D eigenvalue weighted by Gasteiger charge is 2.24. The van der Waals surface area contributed by atoms with Gasteiger partial charge in [-0.2, -0.15) is 0 Å². The number of rotatable bonds is 7. The van der Waals surface area contributed by atoms with Gasteiger partial charge in [-0.1, -0.05) is 26.0 Å². The molecule has 0 bridgehead atoms. The number of amides is 2. The van der Waals surface area contributed by atoms with E-state index in [0.717, 1.165) is 30.7 Å². The van der Waals surface area contributed by atoms with E-state index in [4.69, 9.17) is 9.84 Å². The summed E-state index contributed by atoms with van der Waals surface area (Å²) in [6.45, 7) is 5.84. The van der Waals surface area contributed by atoms with Gasteiger partial charge in [0, 0.05) is 37.9 Å². The van der Waals surface area contributed by atoms with Crippen molar-refractivity contribution in [1.82, 2.24) is 9.88 Å². The first-order valence-corrected chi connectivity index (χ1v) is 10.8. The van der Waals surface area contributed by atoms with Crippen LogP contribution in [0.1, 0.15) is 50.3 Å². The van der Waals surface area contributed by atoms with Crippen molar-refractivity contribution < 1.29 is 14.6 Å². The van der Waals surface area contributed by atoms with Gasteiger partial charge in [0.05, 0.1) is 5.69 Å². The number of thiazole rings is 1. The summed E-state index contributed by atoms with van der Waals surface area (Å²) < 4.78 is 6.14. The predicted octanol–water partition coefficient (Wildman–Crippen LogP) is 4.27. The minimum absolute atomic E-state index is 0.108. The molecule has 28 heavy (non-hydrogen) atoms. The number of piperidine rings is 1. The number of nitrogens with one attached hydrogen (secondary N) is 1. The highest BCUT2D eigenvalue weighted by molar-refractivity contribution is 7.13. The van der Waals surface area contributed by atoms with Gasteiger partial charge in [0.15, 0.2) is 5.13 Å². The number of ether oxygens (including phenoxy) is 1. The molecule has 1 aliphatic heterocycles. The van der Waals surface area contributed by atoms with Crippen molar-refractivity contribution in [2.24, 2.45) is 0 Å². The Morgan fingerprint density at radius 3 is 2.89 bits per heavy atom. The summed E-state index contributed by atoms with van der Waals surface area (Å²) in [6.07, 6.45) is 3.18. The van der Waals surface area contributed by atoms with Crippen molar-refractivity contribution in [2.75, 3.05) is 25.0 Å². The second-order valence-corrected chi connectivity index (χ2v) is 8.29. The Labute approximate surface area is 170 Å². The van der Waals surface area contributed by atoms with Crippen molar-refractivity contribution in [3.8, 4) is 5.75 Å². The van der Waals surface area contributed by atoms with E-state index in [1.165, 1.54) is 16.9 Å². The molecule has 2 amide bonds. The fraction of sp³-hybridized carbons (Fsp3) is 0.524. The second-order valence-electron chi connectivity index (χ2n) is 7.43. The van der Waals surface area contributed by atoms with E-state index >= 15 is 0 Å². The molecule has 2 N–H and O–H groups in total. The lowest BCUT2D eigenvalue weighted by Gasteiger charge is -2.32. The molecule has 2 heterocycles. The van der Waals surface area contributed by atoms with Gasteiger partial charge in [-0.05, 0) is 36.5 Å². The molecule has 0 saturated carbocycles. The highest BCUT2D eigenvalue weighted by atomic mass is 32.1. The molecule has 152 valence electrons. The predicted molar refractivity (Wildman–Crippen MR) is 112 cm³/mol. The van der Waals surface area contributed by atoms with Crippen molar-refractivity contribution in [1.29, 1.82) is 0 Å². The Bertz CT molecular complexity index is 770. The van der Waals surface area contributed by atoms with Gasteiger partial charge in [-0.3, -0.25) is 5.32 Å². The maximum atomic E-state index is 12.5. The second kappa shape index (κ2) is 9.89. The SMILES string of the molecule is CC(C)c1cccc(OC2CCN(C(=O)Nc3nc(CCCO)cs3)CC2)c1. The summed E-state index contributed by atoms with van der Waals surface area (Å²) in [5.41, 5.74) is 2.18. The van der Waals surface area contributed by atoms with E-state index in [-0.39, 0.29) is 18.7 Å². The van der Waals surface area contributed by atoms with E-state index in [0.29, 0.717) is 30.6 Å². The monoisotopic (exact) mass is 403 g/mol. The summed E-state index contributed by atoms with van der Waals surface area (Å²) in [6, 6.07) is 8.17. The van der Waals surface area contributed by atoms with Crippen LogP contribution in [0.2, 0.25) is 0 Å². The average Bonchev–Trinajstić information content (AvgIpc) is 3.14. The first kappa shape index (κ1) is 20.6. The van der Waals surface area contributed by atoms with Gasteiger partial charge in [-0.25, -0.2) is 9.78 Å². The molecule has 1 aromatic heterocycles. The molecule has 0 atom stereocenters. The topological polar surface area (TPSA) is 74.7 Å². The number of aliphatic hydroxyl groups excluding tert-OH is 1. The molecule has 0 radical (unpaired) electrons. The van der Waals surface area contributed by atoms with E-state index < -0.39 is 0 Å². The van der Waals surface area contributed by atoms with Crippen LogP contribution in [-0.2, 0) is 6.42 Å². The lowest BCUT2D eigenvalue weighted by atomic mass is 10.0. The van der Waals surface area contributed by atoms with Crippen LogP contribution in [-0.4, -0.2) is 46.8 Å². The summed E-state index contributed by atoms with van der Waals surface area (Å²) in [5, 5.41) is 14.3. The van der Waals surface area contributed by atoms with E-state index in [1.807, 2.05) is 22.4 Å². The number of hydrogen-bond acceptors (Lipinski definition) is 5. The first-order valence-electron chi connectivity index (χ1n) is 9.93. The van der Waals surface area contributed by atoms with Gasteiger partial charge >= 0.3 is 6.03 Å². The average molecular weight is 404 g/mol. The molecule has 2 aromatic rings. The number of urea groups is 1. The fourth-order valence-corrected chi connectivity index (χ4v) is 3.96. The normalized spacial score (nSPS) is 15.1. The summed E-state index contributed by atoms with van der Waals surface area (Å²) >= 11 is 1.42. The molecule has 7 heteroatoms. The molecule has 6 nitrogen and oxygen atoms in total. The van der Waals surface area contributed by atoms with Gasteiger partial charge in [0.25, 0.3) is 0 Å². The number of likely N-dealkylation sites (tertiary alicyclic amines) is 1. The lowest BCUT2D eigenvalue weighted by molar-refractivity contribution is 0.115. The number of hydrogen-bond donors (Lipinski definition) is 2. The Morgan fingerprint density at radius 2 is 2.18 bits per heavy atom. The minimum Gasteiger partial charge on any atom is -0.490 e. The molecule has 0 spiro atoms. The van der Waals surface area contributed by atoms with Crippen LogP contribution < -0.4 is 10.1 Å². The molecule has 3 rings (SSSR count). The number of carbonyl (C=O) groups is 1. The summed E-state index contributed by atoms with van der Waals surface area (Å²) in [7, 11) is 0. The number of nitrogens with zero attached hydrogens (tertiary/aromatic N) is 2. The van der Waals surface area contributed by atoms with Crippen LogP contribution >= 0.6 is 11.3 Å². The Morgan fingerprint density at radius 1 is 1.39 bits per heavy atom. The van der Waals surface area contributed by atoms with Crippen LogP contribution in [0.4, 0.5) is 9.93 Å². The van der Waals surface area contributed by atoms with Crippen LogP contribution in [0.3, 0.4) is 0 Å². The highest BCUT2D eigenvalue weighted by Crippen LogP contribution is 2.24. The zero-order chi connectivity index (χ0) is 19.9. The standard InChI is InChI=1S/C21H29N3O3S/c1-15(2)16-5-3-7-19(13-16)27-18-8-10-24(11-9-18)21(26)23-20-22-17(14-28-20)6-4-12-25/h3,5,7,13-15,18,25H,4,6,8-12H2,1-2H3,(H,22,23,26). The van der Waals surface area contributed by atoms with E-state index in [2.05, 4.69) is 36.3 Å². The van der Waals surface area contributed by atoms with Gasteiger partial charge in [0.2, 0.25) is 0 Å². The maximum absolute atomic E-state index is 12.5. The minimum atomic E-state index is -0.108. The number of aromatic nitrogens is 1. The molecule has 0 unspecified atom stereocenters. The number of aliphatic hydroxyl groups is 1. The summed E-state index contributed by atoms with van der Waals surface area (Å²) in [5.74, 6) is 1.39. The maximum Gasteiger partial charge on any atom is 0.323 e. The van der Waals surface area contributed by atoms with Gasteiger partial charge in [-0.15, -0.1) is 11.3 Å². The number of anilines is 1. The van der Waals surface area contributed by atoms with Gasteiger partial charge < -0.3 is 14.7 Å². The zero-order valence-electron chi connectivity index (χ0n) is 16.6. The van der Waals surface area contributed by atoms with E-state index in [1.54, 1.807) is 0 Å². The smallest absolute Gasteiger partial charge is 0.323 e. The van der Waals surface area contributed by atoms with Crippen LogP contribution in [0.25, 0.3) is 0 Å². The third-order valence-electron chi connectivity index (χ3n) is 4.91. The van der Waals surface area contributed by atoms with E-state index in [9.17, 15) is 4.79 Å². The zero-order valence-corrected chi connectivity index (χ0v) is 17.4. The van der Waals surface area contributed by atoms with Crippen molar-refractivity contribution in [3.63, 3.8) is 0 Å². The Hall–Kier alpha value is -2.12.